The van der Waals surface area contributed by atoms with Crippen LogP contribution in [0.2, 0.25) is 0 Å². The highest BCUT2D eigenvalue weighted by Crippen LogP contribution is 2.36. The number of aromatic nitrogens is 2. The first-order valence-corrected chi connectivity index (χ1v) is 9.73. The zero-order valence-corrected chi connectivity index (χ0v) is 17.2. The summed E-state index contributed by atoms with van der Waals surface area (Å²) < 4.78 is 11.3. The van der Waals surface area contributed by atoms with E-state index in [1.165, 1.54) is 6.21 Å². The van der Waals surface area contributed by atoms with Crippen molar-refractivity contribution in [3.8, 4) is 11.5 Å². The third kappa shape index (κ3) is 5.28. The van der Waals surface area contributed by atoms with Gasteiger partial charge in [-0.3, -0.25) is 14.9 Å². The molecule has 0 radical (unpaired) electrons. The van der Waals surface area contributed by atoms with E-state index in [4.69, 9.17) is 32.7 Å². The number of hydrogen-bond donors (Lipinski definition) is 2. The largest absolute Gasteiger partial charge is 0.454 e. The lowest BCUT2D eigenvalue weighted by atomic mass is 10.2. The van der Waals surface area contributed by atoms with E-state index in [0.29, 0.717) is 22.1 Å². The van der Waals surface area contributed by atoms with Gasteiger partial charge in [-0.25, -0.2) is 5.43 Å². The molecule has 2 N–H and O–H groups in total. The Morgan fingerprint density at radius 1 is 1.33 bits per heavy atom. The minimum atomic E-state index is -1.22. The third-order valence-electron chi connectivity index (χ3n) is 3.09. The molecule has 0 spiro atoms. The fourth-order valence-electron chi connectivity index (χ4n) is 1.92. The van der Waals surface area contributed by atoms with Crippen LogP contribution in [0.1, 0.15) is 10.6 Å². The first-order chi connectivity index (χ1) is 12.9. The number of alkyl halides is 2. The molecule has 0 bridgehead atoms. The van der Waals surface area contributed by atoms with Gasteiger partial charge in [0.05, 0.1) is 12.6 Å². The second-order valence-corrected chi connectivity index (χ2v) is 8.00. The number of hydrazone groups is 1. The van der Waals surface area contributed by atoms with Crippen LogP contribution in [0.25, 0.3) is 0 Å². The van der Waals surface area contributed by atoms with Crippen molar-refractivity contribution in [2.45, 2.75) is 11.3 Å². The van der Waals surface area contributed by atoms with Gasteiger partial charge in [-0.05, 0) is 28.1 Å². The van der Waals surface area contributed by atoms with E-state index >= 15 is 0 Å². The van der Waals surface area contributed by atoms with Crippen molar-refractivity contribution in [3.05, 3.63) is 27.2 Å². The highest BCUT2D eigenvalue weighted by atomic mass is 79.9. The Morgan fingerprint density at radius 3 is 2.81 bits per heavy atom. The molecular formula is C14H10BrCl2N5O4S. The molecule has 0 aliphatic carbocycles. The summed E-state index contributed by atoms with van der Waals surface area (Å²) in [5.74, 6) is 0.219. The maximum absolute atomic E-state index is 11.9. The number of hydrogen-bond acceptors (Lipinski definition) is 8. The lowest BCUT2D eigenvalue weighted by Crippen LogP contribution is -2.19. The highest BCUT2D eigenvalue weighted by Gasteiger charge is 2.16. The summed E-state index contributed by atoms with van der Waals surface area (Å²) in [5, 5.41) is 14.4. The molecule has 0 saturated heterocycles. The fourth-order valence-corrected chi connectivity index (χ4v) is 3.19. The molecule has 0 fully saturated rings. The predicted molar refractivity (Wildman–Crippen MR) is 104 cm³/mol. The van der Waals surface area contributed by atoms with E-state index in [0.717, 1.165) is 15.8 Å². The minimum absolute atomic E-state index is 0.0572. The van der Waals surface area contributed by atoms with Crippen molar-refractivity contribution < 1.29 is 19.1 Å². The number of anilines is 1. The Balaban J connectivity index is 1.54. The highest BCUT2D eigenvalue weighted by molar-refractivity contribution is 9.10. The zero-order valence-electron chi connectivity index (χ0n) is 13.2. The number of carbonyl (C=O) groups is 2. The molecule has 1 aromatic heterocycles. The van der Waals surface area contributed by atoms with Crippen molar-refractivity contribution >= 4 is 73.6 Å². The van der Waals surface area contributed by atoms with Gasteiger partial charge < -0.3 is 9.47 Å². The molecule has 13 heteroatoms. The van der Waals surface area contributed by atoms with E-state index in [-0.39, 0.29) is 18.3 Å². The van der Waals surface area contributed by atoms with Crippen molar-refractivity contribution in [2.24, 2.45) is 5.10 Å². The molecule has 9 nitrogen and oxygen atoms in total. The van der Waals surface area contributed by atoms with Crippen molar-refractivity contribution in [3.63, 3.8) is 0 Å². The van der Waals surface area contributed by atoms with Crippen molar-refractivity contribution in [2.75, 3.05) is 12.1 Å². The molecule has 2 heterocycles. The Bertz CT molecular complexity index is 908. The lowest BCUT2D eigenvalue weighted by Gasteiger charge is -2.01. The van der Waals surface area contributed by atoms with Crippen molar-refractivity contribution in [1.29, 1.82) is 0 Å². The number of nitrogens with zero attached hydrogens (tertiary/aromatic N) is 3. The number of amides is 2. The summed E-state index contributed by atoms with van der Waals surface area (Å²) in [6.07, 6.45) is 1.41. The van der Waals surface area contributed by atoms with Crippen LogP contribution in [0.5, 0.6) is 11.5 Å². The summed E-state index contributed by atoms with van der Waals surface area (Å²) in [5.41, 5.74) is 3.10. The summed E-state index contributed by atoms with van der Waals surface area (Å²) in [6.45, 7) is 0.167. The van der Waals surface area contributed by atoms with Gasteiger partial charge in [-0.15, -0.1) is 10.2 Å². The van der Waals surface area contributed by atoms with Crippen LogP contribution in [-0.4, -0.2) is 39.9 Å². The Kier molecular flexibility index (Phi) is 6.47. The van der Waals surface area contributed by atoms with Gasteiger partial charge in [0.1, 0.15) is 5.01 Å². The minimum Gasteiger partial charge on any atom is -0.454 e. The second-order valence-electron chi connectivity index (χ2n) is 4.99. The zero-order chi connectivity index (χ0) is 19.4. The fraction of sp³-hybridized carbons (Fsp3) is 0.214. The van der Waals surface area contributed by atoms with Gasteiger partial charge in [-0.2, -0.15) is 5.10 Å². The maximum Gasteiger partial charge on any atom is 0.259 e. The van der Waals surface area contributed by atoms with Crippen LogP contribution >= 0.6 is 50.5 Å². The molecule has 3 rings (SSSR count). The maximum atomic E-state index is 11.9. The standard InChI is InChI=1S/C14H10BrCl2N5O4S/c15-7-2-9-8(25-5-26-9)1-6(7)4-18-20-10(23)3-11-21-22-14(27-11)19-13(24)12(16)17/h1-2,4,12H,3,5H2,(H,20,23)(H,19,22,24)/b18-4-. The molecule has 142 valence electrons. The molecule has 1 aliphatic heterocycles. The number of benzene rings is 1. The van der Waals surface area contributed by atoms with Crippen LogP contribution in [0.4, 0.5) is 5.13 Å². The van der Waals surface area contributed by atoms with E-state index in [1.54, 1.807) is 12.1 Å². The number of carbonyl (C=O) groups excluding carboxylic acids is 2. The van der Waals surface area contributed by atoms with Gasteiger partial charge in [0.25, 0.3) is 5.91 Å². The molecule has 2 amide bonds. The predicted octanol–water partition coefficient (Wildman–Crippen LogP) is 2.46. The Labute approximate surface area is 175 Å². The Hall–Kier alpha value is -1.95. The van der Waals surface area contributed by atoms with Gasteiger partial charge in [0.15, 0.2) is 16.3 Å². The number of nitrogens with one attached hydrogen (secondary N) is 2. The summed E-state index contributed by atoms with van der Waals surface area (Å²) >= 11 is 15.3. The summed E-state index contributed by atoms with van der Waals surface area (Å²) in [7, 11) is 0. The summed E-state index contributed by atoms with van der Waals surface area (Å²) in [4.78, 5) is 22.1. The Morgan fingerprint density at radius 2 is 2.07 bits per heavy atom. The molecule has 2 aromatic rings. The van der Waals surface area contributed by atoms with Crippen LogP contribution in [0.3, 0.4) is 0 Å². The molecule has 1 aliphatic rings. The molecule has 27 heavy (non-hydrogen) atoms. The monoisotopic (exact) mass is 493 g/mol. The van der Waals surface area contributed by atoms with Crippen LogP contribution < -0.4 is 20.2 Å². The third-order valence-corrected chi connectivity index (χ3v) is 5.01. The summed E-state index contributed by atoms with van der Waals surface area (Å²) in [6, 6.07) is 3.50. The first kappa shape index (κ1) is 19.8. The lowest BCUT2D eigenvalue weighted by molar-refractivity contribution is -0.120. The molecule has 0 unspecified atom stereocenters. The van der Waals surface area contributed by atoms with Crippen LogP contribution in [0, 0.1) is 0 Å². The van der Waals surface area contributed by atoms with Crippen LogP contribution in [0.15, 0.2) is 21.7 Å². The smallest absolute Gasteiger partial charge is 0.259 e. The average molecular weight is 495 g/mol. The normalized spacial score (nSPS) is 12.6. The van der Waals surface area contributed by atoms with Crippen molar-refractivity contribution in [1.82, 2.24) is 15.6 Å². The van der Waals surface area contributed by atoms with Gasteiger partial charge in [0.2, 0.25) is 17.8 Å². The van der Waals surface area contributed by atoms with Gasteiger partial charge >= 0.3 is 0 Å². The molecule has 1 aromatic carbocycles. The SMILES string of the molecule is O=C(Cc1nnc(NC(=O)C(Cl)Cl)s1)N/N=C\c1cc2c(cc1Br)OCO2. The molecule has 0 atom stereocenters. The topological polar surface area (TPSA) is 115 Å². The van der Waals surface area contributed by atoms with E-state index in [9.17, 15) is 9.59 Å². The van der Waals surface area contributed by atoms with E-state index < -0.39 is 16.7 Å². The second kappa shape index (κ2) is 8.83. The quantitative estimate of drug-likeness (QED) is 0.362. The number of fused-ring (bicyclic) bond motifs is 1. The molecular weight excluding hydrogens is 485 g/mol. The molecule has 0 saturated carbocycles. The van der Waals surface area contributed by atoms with Crippen LogP contribution in [-0.2, 0) is 16.0 Å². The average Bonchev–Trinajstić information content (AvgIpc) is 3.23. The number of ether oxygens (including phenoxy) is 2. The van der Waals surface area contributed by atoms with E-state index in [2.05, 4.69) is 42.0 Å². The van der Waals surface area contributed by atoms with Gasteiger partial charge in [-0.1, -0.05) is 34.5 Å². The number of halogens is 3. The number of rotatable bonds is 6. The van der Waals surface area contributed by atoms with Gasteiger partial charge in [0, 0.05) is 10.0 Å². The van der Waals surface area contributed by atoms with E-state index in [1.807, 2.05) is 0 Å². The first-order valence-electron chi connectivity index (χ1n) is 7.25.